The summed E-state index contributed by atoms with van der Waals surface area (Å²) in [6.07, 6.45) is 6.44. The number of ether oxygens (including phenoxy) is 1. The first-order chi connectivity index (χ1) is 12.7. The molecule has 0 bridgehead atoms. The summed E-state index contributed by atoms with van der Waals surface area (Å²) in [6, 6.07) is 3.80. The Labute approximate surface area is 157 Å². The fourth-order valence-corrected chi connectivity index (χ4v) is 4.01. The fraction of sp³-hybridized carbons (Fsp3) is 0.700. The largest absolute Gasteiger partial charge is 0.383 e. The van der Waals surface area contributed by atoms with Crippen LogP contribution in [-0.2, 0) is 4.74 Å². The highest BCUT2D eigenvalue weighted by Gasteiger charge is 2.24. The highest BCUT2D eigenvalue weighted by Crippen LogP contribution is 2.21. The summed E-state index contributed by atoms with van der Waals surface area (Å²) in [5, 5.41) is 0. The SMILES string of the molecule is COCCN1CCC(CN(C)c2cc(C(=O)N3CCCCC3)ccn2)C1. The molecule has 3 rings (SSSR count). The van der Waals surface area contributed by atoms with Gasteiger partial charge in [0, 0.05) is 58.6 Å². The molecule has 1 aromatic heterocycles. The van der Waals surface area contributed by atoms with E-state index in [0.717, 1.165) is 70.1 Å². The van der Waals surface area contributed by atoms with Crippen molar-refractivity contribution >= 4 is 11.7 Å². The lowest BCUT2D eigenvalue weighted by atomic mass is 10.1. The zero-order valence-electron chi connectivity index (χ0n) is 16.2. The van der Waals surface area contributed by atoms with Crippen LogP contribution in [0.4, 0.5) is 5.82 Å². The van der Waals surface area contributed by atoms with Gasteiger partial charge in [-0.2, -0.15) is 0 Å². The molecule has 0 radical (unpaired) electrons. The second-order valence-corrected chi connectivity index (χ2v) is 7.58. The summed E-state index contributed by atoms with van der Waals surface area (Å²) >= 11 is 0. The first-order valence-corrected chi connectivity index (χ1v) is 9.85. The summed E-state index contributed by atoms with van der Waals surface area (Å²) in [4.78, 5) is 23.9. The van der Waals surface area contributed by atoms with Gasteiger partial charge in [0.1, 0.15) is 5.82 Å². The van der Waals surface area contributed by atoms with E-state index in [-0.39, 0.29) is 5.91 Å². The van der Waals surface area contributed by atoms with Crippen LogP contribution in [0, 0.1) is 5.92 Å². The van der Waals surface area contributed by atoms with Gasteiger partial charge in [0.15, 0.2) is 0 Å². The smallest absolute Gasteiger partial charge is 0.254 e. The summed E-state index contributed by atoms with van der Waals surface area (Å²) < 4.78 is 5.18. The van der Waals surface area contributed by atoms with Gasteiger partial charge in [-0.05, 0) is 50.3 Å². The number of rotatable bonds is 7. The van der Waals surface area contributed by atoms with Gasteiger partial charge >= 0.3 is 0 Å². The number of carbonyl (C=O) groups is 1. The van der Waals surface area contributed by atoms with Crippen LogP contribution in [-0.4, -0.2) is 80.7 Å². The number of aromatic nitrogens is 1. The number of methoxy groups -OCH3 is 1. The Kier molecular flexibility index (Phi) is 6.86. The molecule has 0 saturated carbocycles. The van der Waals surface area contributed by atoms with Gasteiger partial charge in [-0.15, -0.1) is 0 Å². The van der Waals surface area contributed by atoms with Crippen LogP contribution < -0.4 is 4.90 Å². The molecule has 1 aromatic rings. The van der Waals surface area contributed by atoms with Crippen molar-refractivity contribution in [2.45, 2.75) is 25.7 Å². The quantitative estimate of drug-likeness (QED) is 0.745. The van der Waals surface area contributed by atoms with Crippen LogP contribution >= 0.6 is 0 Å². The maximum absolute atomic E-state index is 12.7. The van der Waals surface area contributed by atoms with E-state index >= 15 is 0 Å². The van der Waals surface area contributed by atoms with Crippen molar-refractivity contribution in [3.8, 4) is 0 Å². The highest BCUT2D eigenvalue weighted by atomic mass is 16.5. The number of hydrogen-bond donors (Lipinski definition) is 0. The minimum absolute atomic E-state index is 0.147. The molecule has 0 spiro atoms. The van der Waals surface area contributed by atoms with Gasteiger partial charge in [0.05, 0.1) is 6.61 Å². The van der Waals surface area contributed by atoms with E-state index in [9.17, 15) is 4.79 Å². The van der Waals surface area contributed by atoms with E-state index in [1.165, 1.54) is 12.8 Å². The summed E-state index contributed by atoms with van der Waals surface area (Å²) in [6.45, 7) is 6.79. The standard InChI is InChI=1S/C20H32N4O2/c1-22(15-17-7-11-23(16-17)12-13-26-2)19-14-18(6-8-21-19)20(25)24-9-4-3-5-10-24/h6,8,14,17H,3-5,7,9-13,15-16H2,1-2H3. The molecule has 1 unspecified atom stereocenters. The average Bonchev–Trinajstić information content (AvgIpc) is 3.13. The van der Waals surface area contributed by atoms with E-state index in [1.807, 2.05) is 17.0 Å². The van der Waals surface area contributed by atoms with Gasteiger partial charge in [-0.1, -0.05) is 0 Å². The van der Waals surface area contributed by atoms with Gasteiger partial charge in [-0.3, -0.25) is 4.79 Å². The van der Waals surface area contributed by atoms with Crippen LogP contribution in [0.5, 0.6) is 0 Å². The lowest BCUT2D eigenvalue weighted by Crippen LogP contribution is -2.35. The van der Waals surface area contributed by atoms with Gasteiger partial charge in [0.25, 0.3) is 5.91 Å². The second-order valence-electron chi connectivity index (χ2n) is 7.58. The minimum atomic E-state index is 0.147. The average molecular weight is 361 g/mol. The Morgan fingerprint density at radius 1 is 1.31 bits per heavy atom. The van der Waals surface area contributed by atoms with Crippen LogP contribution in [0.1, 0.15) is 36.0 Å². The molecule has 1 atom stereocenters. The maximum atomic E-state index is 12.7. The monoisotopic (exact) mass is 360 g/mol. The molecule has 2 saturated heterocycles. The lowest BCUT2D eigenvalue weighted by Gasteiger charge is -2.27. The van der Waals surface area contributed by atoms with E-state index in [0.29, 0.717) is 5.92 Å². The molecule has 144 valence electrons. The van der Waals surface area contributed by atoms with E-state index in [4.69, 9.17) is 4.74 Å². The van der Waals surface area contributed by atoms with Crippen LogP contribution in [0.15, 0.2) is 18.3 Å². The number of piperidine rings is 1. The number of nitrogens with zero attached hydrogens (tertiary/aromatic N) is 4. The predicted molar refractivity (Wildman–Crippen MR) is 104 cm³/mol. The third kappa shape index (κ3) is 4.95. The zero-order valence-corrected chi connectivity index (χ0v) is 16.2. The first kappa shape index (κ1) is 19.1. The first-order valence-electron chi connectivity index (χ1n) is 9.85. The number of likely N-dealkylation sites (tertiary alicyclic amines) is 2. The molecule has 2 aliphatic rings. The van der Waals surface area contributed by atoms with Gasteiger partial charge in [-0.25, -0.2) is 4.98 Å². The molecular formula is C20H32N4O2. The maximum Gasteiger partial charge on any atom is 0.254 e. The topological polar surface area (TPSA) is 48.9 Å². The summed E-state index contributed by atoms with van der Waals surface area (Å²) in [5.41, 5.74) is 0.761. The minimum Gasteiger partial charge on any atom is -0.383 e. The van der Waals surface area contributed by atoms with Crippen molar-refractivity contribution in [2.75, 3.05) is 64.9 Å². The van der Waals surface area contributed by atoms with Crippen molar-refractivity contribution in [1.29, 1.82) is 0 Å². The number of anilines is 1. The molecule has 2 aliphatic heterocycles. The third-order valence-electron chi connectivity index (χ3n) is 5.54. The molecule has 6 heteroatoms. The van der Waals surface area contributed by atoms with E-state index in [1.54, 1.807) is 13.3 Å². The van der Waals surface area contributed by atoms with Crippen molar-refractivity contribution in [3.05, 3.63) is 23.9 Å². The van der Waals surface area contributed by atoms with Crippen LogP contribution in [0.2, 0.25) is 0 Å². The zero-order chi connectivity index (χ0) is 18.4. The molecule has 0 aromatic carbocycles. The van der Waals surface area contributed by atoms with Crippen LogP contribution in [0.3, 0.4) is 0 Å². The van der Waals surface area contributed by atoms with Crippen LogP contribution in [0.25, 0.3) is 0 Å². The summed E-state index contributed by atoms with van der Waals surface area (Å²) in [7, 11) is 3.83. The predicted octanol–water partition coefficient (Wildman–Crippen LogP) is 2.11. The molecule has 3 heterocycles. The second kappa shape index (κ2) is 9.33. The Morgan fingerprint density at radius 2 is 2.12 bits per heavy atom. The van der Waals surface area contributed by atoms with Crippen molar-refractivity contribution in [2.24, 2.45) is 5.92 Å². The molecule has 1 amide bonds. The Balaban J connectivity index is 1.56. The number of pyridine rings is 1. The van der Waals surface area contributed by atoms with E-state index < -0.39 is 0 Å². The Bertz CT molecular complexity index is 589. The molecule has 6 nitrogen and oxygen atoms in total. The highest BCUT2D eigenvalue weighted by molar-refractivity contribution is 5.94. The number of hydrogen-bond acceptors (Lipinski definition) is 5. The van der Waals surface area contributed by atoms with Crippen molar-refractivity contribution in [3.63, 3.8) is 0 Å². The molecule has 0 N–H and O–H groups in total. The Hall–Kier alpha value is -1.66. The molecule has 2 fully saturated rings. The molecule has 26 heavy (non-hydrogen) atoms. The Morgan fingerprint density at radius 3 is 2.88 bits per heavy atom. The normalized spacial score (nSPS) is 21.2. The summed E-state index contributed by atoms with van der Waals surface area (Å²) in [5.74, 6) is 1.68. The van der Waals surface area contributed by atoms with Gasteiger partial charge in [0.2, 0.25) is 0 Å². The fourth-order valence-electron chi connectivity index (χ4n) is 4.01. The molecular weight excluding hydrogens is 328 g/mol. The van der Waals surface area contributed by atoms with Crippen molar-refractivity contribution in [1.82, 2.24) is 14.8 Å². The third-order valence-corrected chi connectivity index (χ3v) is 5.54. The van der Waals surface area contributed by atoms with E-state index in [2.05, 4.69) is 21.8 Å². The number of carbonyl (C=O) groups excluding carboxylic acids is 1. The van der Waals surface area contributed by atoms with Gasteiger partial charge < -0.3 is 19.4 Å². The molecule has 0 aliphatic carbocycles. The number of amides is 1. The van der Waals surface area contributed by atoms with Crippen molar-refractivity contribution < 1.29 is 9.53 Å². The lowest BCUT2D eigenvalue weighted by molar-refractivity contribution is 0.0724.